The SMILES string of the molecule is O=C(Nc1c(Cl)cccc1C(F)(F)F)c1ccc(O)cc1. The summed E-state index contributed by atoms with van der Waals surface area (Å²) in [6.07, 6.45) is -4.64. The topological polar surface area (TPSA) is 49.3 Å². The van der Waals surface area contributed by atoms with Gasteiger partial charge in [0.05, 0.1) is 16.3 Å². The number of para-hydroxylation sites is 1. The summed E-state index contributed by atoms with van der Waals surface area (Å²) >= 11 is 5.74. The van der Waals surface area contributed by atoms with Crippen molar-refractivity contribution >= 4 is 23.2 Å². The first kappa shape index (κ1) is 15.2. The number of anilines is 1. The van der Waals surface area contributed by atoms with Gasteiger partial charge in [-0.2, -0.15) is 13.2 Å². The summed E-state index contributed by atoms with van der Waals surface area (Å²) in [7, 11) is 0. The number of benzene rings is 2. The molecule has 0 aliphatic rings. The van der Waals surface area contributed by atoms with Gasteiger partial charge >= 0.3 is 6.18 Å². The number of phenolic OH excluding ortho intramolecular Hbond substituents is 1. The fourth-order valence-electron chi connectivity index (χ4n) is 1.69. The summed E-state index contributed by atoms with van der Waals surface area (Å²) in [4.78, 5) is 11.9. The van der Waals surface area contributed by atoms with E-state index in [1.54, 1.807) is 0 Å². The average molecular weight is 316 g/mol. The van der Waals surface area contributed by atoms with Crippen molar-refractivity contribution in [3.63, 3.8) is 0 Å². The first-order chi connectivity index (χ1) is 9.79. The van der Waals surface area contributed by atoms with Crippen molar-refractivity contribution in [2.45, 2.75) is 6.18 Å². The lowest BCUT2D eigenvalue weighted by atomic mass is 10.1. The van der Waals surface area contributed by atoms with E-state index in [1.165, 1.54) is 30.3 Å². The molecule has 110 valence electrons. The van der Waals surface area contributed by atoms with Crippen molar-refractivity contribution < 1.29 is 23.1 Å². The molecule has 7 heteroatoms. The van der Waals surface area contributed by atoms with Crippen LogP contribution in [-0.2, 0) is 6.18 Å². The highest BCUT2D eigenvalue weighted by atomic mass is 35.5. The molecule has 0 fully saturated rings. The molecule has 3 nitrogen and oxygen atoms in total. The molecule has 0 spiro atoms. The van der Waals surface area contributed by atoms with E-state index in [4.69, 9.17) is 16.7 Å². The maximum atomic E-state index is 12.9. The highest BCUT2D eigenvalue weighted by molar-refractivity contribution is 6.34. The van der Waals surface area contributed by atoms with Crippen molar-refractivity contribution in [2.75, 3.05) is 5.32 Å². The van der Waals surface area contributed by atoms with Gasteiger partial charge in [0.1, 0.15) is 5.75 Å². The van der Waals surface area contributed by atoms with Crippen LogP contribution in [-0.4, -0.2) is 11.0 Å². The number of alkyl halides is 3. The number of halogens is 4. The average Bonchev–Trinajstić information content (AvgIpc) is 2.40. The molecule has 0 saturated heterocycles. The summed E-state index contributed by atoms with van der Waals surface area (Å²) in [6, 6.07) is 8.32. The number of amides is 1. The Kier molecular flexibility index (Phi) is 4.09. The third-order valence-corrected chi connectivity index (χ3v) is 3.00. The molecular formula is C14H9ClF3NO2. The van der Waals surface area contributed by atoms with Gasteiger partial charge in [-0.05, 0) is 36.4 Å². The largest absolute Gasteiger partial charge is 0.508 e. The molecule has 0 unspecified atom stereocenters. The molecular weight excluding hydrogens is 307 g/mol. The van der Waals surface area contributed by atoms with E-state index in [2.05, 4.69) is 5.32 Å². The monoisotopic (exact) mass is 315 g/mol. The number of rotatable bonds is 2. The normalized spacial score (nSPS) is 11.2. The summed E-state index contributed by atoms with van der Waals surface area (Å²) in [6.45, 7) is 0. The lowest BCUT2D eigenvalue weighted by Gasteiger charge is -2.15. The van der Waals surface area contributed by atoms with Crippen LogP contribution in [0.25, 0.3) is 0 Å². The van der Waals surface area contributed by atoms with Crippen LogP contribution in [0.2, 0.25) is 5.02 Å². The van der Waals surface area contributed by atoms with Gasteiger partial charge in [0.15, 0.2) is 0 Å². The second kappa shape index (κ2) is 5.65. The zero-order valence-corrected chi connectivity index (χ0v) is 11.2. The fraction of sp³-hybridized carbons (Fsp3) is 0.0714. The van der Waals surface area contributed by atoms with Crippen LogP contribution in [0.15, 0.2) is 42.5 Å². The molecule has 0 aliphatic heterocycles. The van der Waals surface area contributed by atoms with Gasteiger partial charge in [0.2, 0.25) is 0 Å². The van der Waals surface area contributed by atoms with E-state index in [1.807, 2.05) is 0 Å². The van der Waals surface area contributed by atoms with E-state index in [0.717, 1.165) is 12.1 Å². The first-order valence-corrected chi connectivity index (χ1v) is 6.13. The molecule has 0 atom stereocenters. The Hall–Kier alpha value is -2.21. The number of hydrogen-bond acceptors (Lipinski definition) is 2. The van der Waals surface area contributed by atoms with Crippen molar-refractivity contribution in [3.8, 4) is 5.75 Å². The Labute approximate surface area is 123 Å². The lowest BCUT2D eigenvalue weighted by molar-refractivity contribution is -0.136. The Balaban J connectivity index is 2.35. The predicted octanol–water partition coefficient (Wildman–Crippen LogP) is 4.32. The van der Waals surface area contributed by atoms with Gasteiger partial charge in [-0.15, -0.1) is 0 Å². The lowest BCUT2D eigenvalue weighted by Crippen LogP contribution is -2.17. The third kappa shape index (κ3) is 3.46. The van der Waals surface area contributed by atoms with E-state index in [9.17, 15) is 18.0 Å². The standard InChI is InChI=1S/C14H9ClF3NO2/c15-11-3-1-2-10(14(16,17)18)12(11)19-13(21)8-4-6-9(20)7-5-8/h1-7,20H,(H,19,21). The van der Waals surface area contributed by atoms with Crippen molar-refractivity contribution in [3.05, 3.63) is 58.6 Å². The Bertz CT molecular complexity index is 669. The van der Waals surface area contributed by atoms with Crippen LogP contribution in [0.3, 0.4) is 0 Å². The summed E-state index contributed by atoms with van der Waals surface area (Å²) in [5.41, 5.74) is -1.42. The number of phenols is 1. The van der Waals surface area contributed by atoms with Gasteiger partial charge in [0, 0.05) is 5.56 Å². The fourth-order valence-corrected chi connectivity index (χ4v) is 1.91. The molecule has 2 aromatic rings. The van der Waals surface area contributed by atoms with E-state index >= 15 is 0 Å². The molecule has 0 radical (unpaired) electrons. The maximum Gasteiger partial charge on any atom is 0.418 e. The van der Waals surface area contributed by atoms with Gasteiger partial charge in [0.25, 0.3) is 5.91 Å². The number of hydrogen-bond donors (Lipinski definition) is 2. The van der Waals surface area contributed by atoms with Gasteiger partial charge in [-0.3, -0.25) is 4.79 Å². The van der Waals surface area contributed by atoms with Crippen LogP contribution in [0.4, 0.5) is 18.9 Å². The van der Waals surface area contributed by atoms with Crippen LogP contribution < -0.4 is 5.32 Å². The zero-order valence-electron chi connectivity index (χ0n) is 10.4. The smallest absolute Gasteiger partial charge is 0.418 e. The van der Waals surface area contributed by atoms with Gasteiger partial charge in [-0.25, -0.2) is 0 Å². The van der Waals surface area contributed by atoms with Crippen molar-refractivity contribution in [2.24, 2.45) is 0 Å². The predicted molar refractivity (Wildman–Crippen MR) is 72.5 cm³/mol. The minimum Gasteiger partial charge on any atom is -0.508 e. The van der Waals surface area contributed by atoms with Crippen LogP contribution in [0.5, 0.6) is 5.75 Å². The molecule has 2 aromatic carbocycles. The number of aromatic hydroxyl groups is 1. The highest BCUT2D eigenvalue weighted by Crippen LogP contribution is 2.38. The molecule has 0 saturated carbocycles. The molecule has 0 bridgehead atoms. The molecule has 21 heavy (non-hydrogen) atoms. The minimum atomic E-state index is -4.64. The Morgan fingerprint density at radius 1 is 1.10 bits per heavy atom. The van der Waals surface area contributed by atoms with Crippen LogP contribution >= 0.6 is 11.6 Å². The minimum absolute atomic E-state index is 0.0553. The number of nitrogens with one attached hydrogen (secondary N) is 1. The van der Waals surface area contributed by atoms with E-state index in [0.29, 0.717) is 0 Å². The van der Waals surface area contributed by atoms with Crippen LogP contribution in [0.1, 0.15) is 15.9 Å². The molecule has 0 aliphatic carbocycles. The zero-order chi connectivity index (χ0) is 15.6. The van der Waals surface area contributed by atoms with E-state index < -0.39 is 23.3 Å². The number of carbonyl (C=O) groups excluding carboxylic acids is 1. The van der Waals surface area contributed by atoms with Crippen molar-refractivity contribution in [1.29, 1.82) is 0 Å². The summed E-state index contributed by atoms with van der Waals surface area (Å²) in [5.74, 6) is -0.811. The first-order valence-electron chi connectivity index (χ1n) is 5.75. The van der Waals surface area contributed by atoms with Gasteiger partial charge < -0.3 is 10.4 Å². The summed E-state index contributed by atoms with van der Waals surface area (Å²) < 4.78 is 38.7. The second-order valence-corrected chi connectivity index (χ2v) is 4.57. The van der Waals surface area contributed by atoms with Crippen molar-refractivity contribution in [1.82, 2.24) is 0 Å². The molecule has 1 amide bonds. The van der Waals surface area contributed by atoms with Crippen LogP contribution in [0, 0.1) is 0 Å². The third-order valence-electron chi connectivity index (χ3n) is 2.69. The highest BCUT2D eigenvalue weighted by Gasteiger charge is 2.34. The molecule has 2 N–H and O–H groups in total. The molecule has 2 rings (SSSR count). The number of carbonyl (C=O) groups is 1. The summed E-state index contributed by atoms with van der Waals surface area (Å²) in [5, 5.41) is 11.1. The van der Waals surface area contributed by atoms with Gasteiger partial charge in [-0.1, -0.05) is 17.7 Å². The molecule has 0 heterocycles. The Morgan fingerprint density at radius 3 is 2.29 bits per heavy atom. The maximum absolute atomic E-state index is 12.9. The Morgan fingerprint density at radius 2 is 1.71 bits per heavy atom. The second-order valence-electron chi connectivity index (χ2n) is 4.16. The quantitative estimate of drug-likeness (QED) is 0.867. The van der Waals surface area contributed by atoms with E-state index in [-0.39, 0.29) is 16.3 Å². The molecule has 0 aromatic heterocycles.